The Morgan fingerprint density at radius 3 is 2.44 bits per heavy atom. The van der Waals surface area contributed by atoms with Crippen LogP contribution in [0.3, 0.4) is 0 Å². The smallest absolute Gasteiger partial charge is 0.373 e. The second-order valence-corrected chi connectivity index (χ2v) is 9.35. The number of rotatable bonds is 9. The molecule has 0 amide bonds. The van der Waals surface area contributed by atoms with Crippen molar-refractivity contribution in [3.63, 3.8) is 0 Å². The summed E-state index contributed by atoms with van der Waals surface area (Å²) in [5.41, 5.74) is 1.59. The van der Waals surface area contributed by atoms with E-state index < -0.39 is 24.8 Å². The normalized spacial score (nSPS) is 12.2. The lowest BCUT2D eigenvalue weighted by atomic mass is 10.0. The molecule has 222 valence electrons. The van der Waals surface area contributed by atoms with Crippen LogP contribution in [0.4, 0.5) is 22.0 Å². The molecule has 0 spiro atoms. The maximum atomic E-state index is 15.3. The molecule has 19 heteroatoms. The predicted octanol–water partition coefficient (Wildman–Crippen LogP) is 0.633. The summed E-state index contributed by atoms with van der Waals surface area (Å²) in [7, 11) is 0. The lowest BCUT2D eigenvalue weighted by Gasteiger charge is -2.18. The van der Waals surface area contributed by atoms with Crippen LogP contribution in [0.2, 0.25) is 5.02 Å². The summed E-state index contributed by atoms with van der Waals surface area (Å²) in [6, 6.07) is 5.54. The number of benzene rings is 1. The van der Waals surface area contributed by atoms with Crippen molar-refractivity contribution in [2.24, 2.45) is 0 Å². The second kappa shape index (κ2) is 12.2. The van der Waals surface area contributed by atoms with Gasteiger partial charge >= 0.3 is 12.9 Å². The topological polar surface area (TPSA) is 126 Å². The van der Waals surface area contributed by atoms with Crippen LogP contribution in [0.15, 0.2) is 67.8 Å². The number of aromatic amines is 2. The van der Waals surface area contributed by atoms with Gasteiger partial charge in [-0.25, -0.2) is 13.2 Å². The van der Waals surface area contributed by atoms with E-state index in [9.17, 15) is 17.6 Å². The lowest BCUT2D eigenvalue weighted by molar-refractivity contribution is -0.684. The van der Waals surface area contributed by atoms with Crippen LogP contribution in [0, 0.1) is 5.82 Å². The quantitative estimate of drug-likeness (QED) is 0.183. The highest BCUT2D eigenvalue weighted by atomic mass is 35.5. The summed E-state index contributed by atoms with van der Waals surface area (Å²) in [6.07, 6.45) is 6.48. The highest BCUT2D eigenvalue weighted by Crippen LogP contribution is 2.32. The number of alkyl halides is 4. The molecule has 0 aliphatic heterocycles. The zero-order valence-electron chi connectivity index (χ0n) is 21.4. The fraction of sp³-hybridized carbons (Fsp3) is 0.167. The van der Waals surface area contributed by atoms with Crippen LogP contribution in [-0.4, -0.2) is 50.0 Å². The summed E-state index contributed by atoms with van der Waals surface area (Å²) >= 11 is 6.08. The van der Waals surface area contributed by atoms with E-state index in [1.807, 2.05) is 0 Å². The van der Waals surface area contributed by atoms with Crippen LogP contribution in [-0.2, 0) is 6.54 Å². The monoisotopic (exact) mass is 639 g/mol. The summed E-state index contributed by atoms with van der Waals surface area (Å²) < 4.78 is 72.3. The first kappa shape index (κ1) is 29.7. The number of nitrogens with zero attached hydrogens (tertiary/aromatic N) is 10. The van der Waals surface area contributed by atoms with Crippen LogP contribution in [0.25, 0.3) is 28.1 Å². The number of pyridine rings is 1. The number of aromatic nitrogens is 12. The first-order valence-corrected chi connectivity index (χ1v) is 12.5. The molecule has 6 aromatic rings. The molecule has 0 aliphatic carbocycles. The van der Waals surface area contributed by atoms with Gasteiger partial charge in [-0.15, -0.1) is 5.10 Å². The molecule has 5 aromatic heterocycles. The fourth-order valence-corrected chi connectivity index (χ4v) is 4.47. The summed E-state index contributed by atoms with van der Waals surface area (Å²) in [5.74, 6) is -0.680. The van der Waals surface area contributed by atoms with Crippen LogP contribution in [0.5, 0.6) is 0 Å². The number of halogens is 7. The molecule has 0 saturated heterocycles. The Balaban J connectivity index is 0.00000368. The molecular formula is C24H18Cl2F5N12+. The minimum absolute atomic E-state index is 0. The Morgan fingerprint density at radius 2 is 1.79 bits per heavy atom. The zero-order chi connectivity index (χ0) is 29.4. The third kappa shape index (κ3) is 5.94. The van der Waals surface area contributed by atoms with Gasteiger partial charge in [0.2, 0.25) is 10.9 Å². The molecule has 0 bridgehead atoms. The molecule has 1 aromatic carbocycles. The third-order valence-corrected chi connectivity index (χ3v) is 6.63. The van der Waals surface area contributed by atoms with Crippen molar-refractivity contribution in [3.8, 4) is 28.1 Å². The minimum atomic E-state index is -2.87. The Hall–Kier alpha value is -4.77. The van der Waals surface area contributed by atoms with Gasteiger partial charge in [-0.05, 0) is 28.0 Å². The van der Waals surface area contributed by atoms with Crippen LogP contribution < -0.4 is 22.2 Å². The standard InChI is InChI=1S/C24H16ClF5N12.ClH/c25-16-2-4-19(42-12-32-36-38-42)21(22(16)26)13-1-3-17(31-5-13)20(11-39-8-15(7-33-39)23(27)28)40-9-14(6-34-40)18-10-41(24(29)30)37-35-18;/h1-10,12,20,23-24H,11H2;1H/p+1/t20-;/m0./s1. The molecule has 0 fully saturated rings. The van der Waals surface area contributed by atoms with E-state index in [0.29, 0.717) is 27.2 Å². The van der Waals surface area contributed by atoms with E-state index in [0.717, 1.165) is 12.4 Å². The van der Waals surface area contributed by atoms with E-state index in [1.165, 1.54) is 51.2 Å². The molecule has 6 rings (SSSR count). The van der Waals surface area contributed by atoms with Crippen molar-refractivity contribution in [1.82, 2.24) is 50.0 Å². The first-order valence-electron chi connectivity index (χ1n) is 12.1. The maximum Gasteiger partial charge on any atom is 0.373 e. The van der Waals surface area contributed by atoms with E-state index in [2.05, 4.69) is 41.0 Å². The molecule has 43 heavy (non-hydrogen) atoms. The van der Waals surface area contributed by atoms with Gasteiger partial charge in [0.1, 0.15) is 11.7 Å². The van der Waals surface area contributed by atoms with Gasteiger partial charge in [-0.3, -0.25) is 14.3 Å². The second-order valence-electron chi connectivity index (χ2n) is 8.94. The lowest BCUT2D eigenvalue weighted by Crippen LogP contribution is -3.00. The molecular weight excluding hydrogens is 622 g/mol. The molecule has 0 saturated carbocycles. The fourth-order valence-electron chi connectivity index (χ4n) is 4.31. The SMILES string of the molecule is Fc1c(Cl)ccc(-[n+]2c[nH+][nH]n2)c1-c1ccc([C@H](Cn2cc(C(F)F)cn2)n2cc(-c3cn(C(F)F)nn3)cn2)nc1.[Cl-]. The highest BCUT2D eigenvalue weighted by molar-refractivity contribution is 6.31. The zero-order valence-corrected chi connectivity index (χ0v) is 22.9. The molecule has 2 N–H and O–H groups in total. The van der Waals surface area contributed by atoms with Gasteiger partial charge < -0.3 is 12.4 Å². The Labute approximate surface area is 249 Å². The molecule has 0 aliphatic rings. The summed E-state index contributed by atoms with van der Waals surface area (Å²) in [4.78, 5) is 4.54. The van der Waals surface area contributed by atoms with Gasteiger partial charge in [-0.1, -0.05) is 22.9 Å². The highest BCUT2D eigenvalue weighted by Gasteiger charge is 2.25. The van der Waals surface area contributed by atoms with Crippen molar-refractivity contribution in [1.29, 1.82) is 0 Å². The Bertz CT molecular complexity index is 1820. The van der Waals surface area contributed by atoms with E-state index >= 15 is 4.39 Å². The van der Waals surface area contributed by atoms with Crippen molar-refractivity contribution in [2.75, 3.05) is 0 Å². The van der Waals surface area contributed by atoms with E-state index in [1.54, 1.807) is 18.2 Å². The number of nitrogens with one attached hydrogen (secondary N) is 2. The average molecular weight is 640 g/mol. The number of H-pyrrole nitrogens is 2. The molecule has 12 nitrogen and oxygen atoms in total. The number of hydrogen-bond acceptors (Lipinski definition) is 6. The number of tetrazole rings is 1. The van der Waals surface area contributed by atoms with E-state index in [4.69, 9.17) is 11.6 Å². The first-order chi connectivity index (χ1) is 20.3. The molecule has 5 heterocycles. The Morgan fingerprint density at radius 1 is 0.953 bits per heavy atom. The minimum Gasteiger partial charge on any atom is -1.00 e. The van der Waals surface area contributed by atoms with E-state index in [-0.39, 0.29) is 40.8 Å². The van der Waals surface area contributed by atoms with Crippen molar-refractivity contribution < 1.29 is 44.1 Å². The molecule has 1 atom stereocenters. The largest absolute Gasteiger partial charge is 1.00 e. The average Bonchev–Trinajstić information content (AvgIpc) is 3.80. The van der Waals surface area contributed by atoms with Crippen molar-refractivity contribution in [2.45, 2.75) is 25.6 Å². The van der Waals surface area contributed by atoms with Gasteiger partial charge in [0.05, 0.1) is 52.2 Å². The van der Waals surface area contributed by atoms with Gasteiger partial charge in [0, 0.05) is 29.7 Å². The molecule has 0 radical (unpaired) electrons. The van der Waals surface area contributed by atoms with Crippen LogP contribution in [0.1, 0.15) is 30.3 Å². The number of hydrogen-bond donors (Lipinski definition) is 1. The van der Waals surface area contributed by atoms with Gasteiger partial charge in [0.25, 0.3) is 6.43 Å². The third-order valence-electron chi connectivity index (χ3n) is 6.34. The van der Waals surface area contributed by atoms with Crippen molar-refractivity contribution in [3.05, 3.63) is 89.9 Å². The summed E-state index contributed by atoms with van der Waals surface area (Å²) in [6.45, 7) is -2.84. The predicted molar refractivity (Wildman–Crippen MR) is 133 cm³/mol. The Kier molecular flexibility index (Phi) is 8.45. The van der Waals surface area contributed by atoms with Gasteiger partial charge in [-0.2, -0.15) is 23.7 Å². The van der Waals surface area contributed by atoms with Gasteiger partial charge in [0.15, 0.2) is 5.82 Å². The molecule has 0 unspecified atom stereocenters. The maximum absolute atomic E-state index is 15.3. The summed E-state index contributed by atoms with van der Waals surface area (Å²) in [5, 5.41) is 24.6. The van der Waals surface area contributed by atoms with Crippen molar-refractivity contribution >= 4 is 11.6 Å². The van der Waals surface area contributed by atoms with Crippen LogP contribution >= 0.6 is 11.6 Å².